The fourth-order valence-electron chi connectivity index (χ4n) is 1.34. The second-order valence-electron chi connectivity index (χ2n) is 3.31. The molecule has 5 heteroatoms. The van der Waals surface area contributed by atoms with Crippen LogP contribution in [-0.2, 0) is 0 Å². The minimum absolute atomic E-state index is 0.214. The van der Waals surface area contributed by atoms with Gasteiger partial charge in [0, 0.05) is 0 Å². The summed E-state index contributed by atoms with van der Waals surface area (Å²) in [5, 5.41) is 3.72. The maximum atomic E-state index is 13.0. The van der Waals surface area contributed by atoms with Crippen molar-refractivity contribution in [1.29, 1.82) is 0 Å². The zero-order chi connectivity index (χ0) is 10.8. The quantitative estimate of drug-likeness (QED) is 0.847. The van der Waals surface area contributed by atoms with E-state index >= 15 is 0 Å². The zero-order valence-corrected chi connectivity index (χ0v) is 8.96. The highest BCUT2D eigenvalue weighted by molar-refractivity contribution is 7.05. The molecule has 0 aliphatic rings. The third-order valence-electron chi connectivity index (χ3n) is 2.23. The van der Waals surface area contributed by atoms with Gasteiger partial charge in [-0.2, -0.15) is 0 Å². The van der Waals surface area contributed by atoms with E-state index in [1.165, 1.54) is 17.6 Å². The predicted octanol–water partition coefficient (Wildman–Crippen LogP) is 2.03. The smallest absolute Gasteiger partial charge is 0.126 e. The maximum absolute atomic E-state index is 13.0. The largest absolute Gasteiger partial charge is 0.320 e. The number of aryl methyl sites for hydroxylation is 1. The predicted molar refractivity (Wildman–Crippen MR) is 57.1 cm³/mol. The van der Waals surface area contributed by atoms with E-state index in [1.54, 1.807) is 25.3 Å². The summed E-state index contributed by atoms with van der Waals surface area (Å²) in [5.74, 6) is -0.214. The molecule has 0 spiro atoms. The highest BCUT2D eigenvalue weighted by Crippen LogP contribution is 2.22. The van der Waals surface area contributed by atoms with E-state index in [1.807, 2.05) is 0 Å². The van der Waals surface area contributed by atoms with Gasteiger partial charge in [-0.3, -0.25) is 0 Å². The number of hydrogen-bond acceptors (Lipinski definition) is 4. The second-order valence-corrected chi connectivity index (χ2v) is 4.12. The van der Waals surface area contributed by atoms with Gasteiger partial charge in [0.15, 0.2) is 0 Å². The van der Waals surface area contributed by atoms with Gasteiger partial charge >= 0.3 is 0 Å². The van der Waals surface area contributed by atoms with Gasteiger partial charge < -0.3 is 5.73 Å². The number of nitrogens with zero attached hydrogens (tertiary/aromatic N) is 2. The summed E-state index contributed by atoms with van der Waals surface area (Å²) in [7, 11) is 0. The van der Waals surface area contributed by atoms with E-state index in [0.29, 0.717) is 5.56 Å². The van der Waals surface area contributed by atoms with Gasteiger partial charge in [0.25, 0.3) is 0 Å². The monoisotopic (exact) mass is 223 g/mol. The van der Waals surface area contributed by atoms with Crippen LogP contribution in [0, 0.1) is 12.7 Å². The van der Waals surface area contributed by atoms with E-state index in [-0.39, 0.29) is 11.9 Å². The molecule has 0 saturated carbocycles. The molecule has 1 aromatic carbocycles. The Balaban J connectivity index is 2.34. The lowest BCUT2D eigenvalue weighted by Gasteiger charge is -2.09. The number of rotatable bonds is 2. The van der Waals surface area contributed by atoms with Gasteiger partial charge in [0.1, 0.15) is 5.82 Å². The summed E-state index contributed by atoms with van der Waals surface area (Å²) in [6.07, 6.45) is 1.63. The van der Waals surface area contributed by atoms with E-state index in [2.05, 4.69) is 9.59 Å². The van der Waals surface area contributed by atoms with E-state index in [4.69, 9.17) is 5.73 Å². The van der Waals surface area contributed by atoms with Crippen molar-refractivity contribution >= 4 is 11.5 Å². The molecule has 1 unspecified atom stereocenters. The van der Waals surface area contributed by atoms with Gasteiger partial charge in [-0.05, 0) is 35.6 Å². The molecule has 2 aromatic rings. The molecule has 1 atom stereocenters. The number of benzene rings is 1. The lowest BCUT2D eigenvalue weighted by Crippen LogP contribution is -2.10. The van der Waals surface area contributed by atoms with Crippen LogP contribution < -0.4 is 5.73 Å². The highest BCUT2D eigenvalue weighted by Gasteiger charge is 2.12. The average molecular weight is 223 g/mol. The van der Waals surface area contributed by atoms with Crippen LogP contribution in [0.25, 0.3) is 0 Å². The molecule has 1 aromatic heterocycles. The molecule has 2 rings (SSSR count). The highest BCUT2D eigenvalue weighted by atomic mass is 32.1. The molecular formula is C10H10FN3S. The Labute approximate surface area is 90.9 Å². The van der Waals surface area contributed by atoms with Crippen LogP contribution >= 0.6 is 11.5 Å². The number of halogens is 1. The first-order chi connectivity index (χ1) is 7.18. The Hall–Kier alpha value is -1.33. The van der Waals surface area contributed by atoms with Crippen LogP contribution in [0.2, 0.25) is 0 Å². The van der Waals surface area contributed by atoms with Crippen molar-refractivity contribution in [3.8, 4) is 0 Å². The van der Waals surface area contributed by atoms with Crippen LogP contribution in [0.4, 0.5) is 4.39 Å². The van der Waals surface area contributed by atoms with Gasteiger partial charge in [0.2, 0.25) is 0 Å². The van der Waals surface area contributed by atoms with Crippen molar-refractivity contribution < 1.29 is 4.39 Å². The third-order valence-corrected chi connectivity index (χ3v) is 2.97. The Bertz CT molecular complexity index is 456. The number of aromatic nitrogens is 2. The SMILES string of the molecule is Cc1cc(C(N)c2cnns2)ccc1F. The van der Waals surface area contributed by atoms with E-state index in [0.717, 1.165) is 10.4 Å². The second kappa shape index (κ2) is 4.04. The zero-order valence-electron chi connectivity index (χ0n) is 8.14. The number of hydrogen-bond donors (Lipinski definition) is 1. The molecule has 0 bridgehead atoms. The Kier molecular flexibility index (Phi) is 2.75. The van der Waals surface area contributed by atoms with Crippen molar-refractivity contribution in [1.82, 2.24) is 9.59 Å². The molecule has 2 N–H and O–H groups in total. The van der Waals surface area contributed by atoms with Gasteiger partial charge in [-0.1, -0.05) is 16.6 Å². The van der Waals surface area contributed by atoms with Crippen LogP contribution in [0.1, 0.15) is 22.0 Å². The summed E-state index contributed by atoms with van der Waals surface area (Å²) in [6, 6.07) is 4.59. The van der Waals surface area contributed by atoms with Gasteiger partial charge in [0.05, 0.1) is 17.1 Å². The van der Waals surface area contributed by atoms with Crippen LogP contribution in [0.15, 0.2) is 24.4 Å². The first kappa shape index (κ1) is 10.2. The molecule has 3 nitrogen and oxygen atoms in total. The van der Waals surface area contributed by atoms with E-state index in [9.17, 15) is 4.39 Å². The summed E-state index contributed by atoms with van der Waals surface area (Å²) < 4.78 is 16.8. The maximum Gasteiger partial charge on any atom is 0.126 e. The standard InChI is InChI=1S/C10H10FN3S/c1-6-4-7(2-3-8(6)11)10(12)9-5-13-14-15-9/h2-5,10H,12H2,1H3. The fourth-order valence-corrected chi connectivity index (χ4v) is 1.87. The molecule has 0 fully saturated rings. The molecule has 78 valence electrons. The normalized spacial score (nSPS) is 12.7. The first-order valence-electron chi connectivity index (χ1n) is 4.47. The van der Waals surface area contributed by atoms with Crippen molar-refractivity contribution in [3.05, 3.63) is 46.2 Å². The molecule has 0 saturated heterocycles. The van der Waals surface area contributed by atoms with Crippen molar-refractivity contribution in [2.75, 3.05) is 0 Å². The minimum atomic E-state index is -0.274. The fraction of sp³-hybridized carbons (Fsp3) is 0.200. The molecule has 0 aliphatic carbocycles. The summed E-state index contributed by atoms with van der Waals surface area (Å²) in [5.41, 5.74) is 7.46. The lowest BCUT2D eigenvalue weighted by molar-refractivity contribution is 0.617. The van der Waals surface area contributed by atoms with Crippen LogP contribution in [0.3, 0.4) is 0 Å². The molecule has 0 radical (unpaired) electrons. The Morgan fingerprint density at radius 2 is 2.27 bits per heavy atom. The molecule has 1 heterocycles. The van der Waals surface area contributed by atoms with Crippen molar-refractivity contribution in [2.45, 2.75) is 13.0 Å². The van der Waals surface area contributed by atoms with Crippen LogP contribution in [-0.4, -0.2) is 9.59 Å². The van der Waals surface area contributed by atoms with Crippen LogP contribution in [0.5, 0.6) is 0 Å². The topological polar surface area (TPSA) is 51.8 Å². The van der Waals surface area contributed by atoms with Crippen molar-refractivity contribution in [3.63, 3.8) is 0 Å². The molecule has 0 aliphatic heterocycles. The van der Waals surface area contributed by atoms with E-state index < -0.39 is 0 Å². The van der Waals surface area contributed by atoms with Crippen molar-refractivity contribution in [2.24, 2.45) is 5.73 Å². The minimum Gasteiger partial charge on any atom is -0.320 e. The summed E-state index contributed by atoms with van der Waals surface area (Å²) in [4.78, 5) is 0.876. The third kappa shape index (κ3) is 2.03. The average Bonchev–Trinajstić information content (AvgIpc) is 2.74. The first-order valence-corrected chi connectivity index (χ1v) is 5.24. The van der Waals surface area contributed by atoms with Gasteiger partial charge in [-0.15, -0.1) is 5.10 Å². The summed E-state index contributed by atoms with van der Waals surface area (Å²) in [6.45, 7) is 1.72. The molecular weight excluding hydrogens is 213 g/mol. The molecule has 0 amide bonds. The summed E-state index contributed by atoms with van der Waals surface area (Å²) >= 11 is 1.26. The van der Waals surface area contributed by atoms with Gasteiger partial charge in [-0.25, -0.2) is 4.39 Å². The number of nitrogens with two attached hydrogens (primary N) is 1. The lowest BCUT2D eigenvalue weighted by atomic mass is 10.0. The molecule has 15 heavy (non-hydrogen) atoms. The Morgan fingerprint density at radius 3 is 2.87 bits per heavy atom. The Morgan fingerprint density at radius 1 is 1.47 bits per heavy atom.